The van der Waals surface area contributed by atoms with Crippen molar-refractivity contribution in [2.75, 3.05) is 31.1 Å². The minimum atomic E-state index is -0.343. The fraction of sp³-hybridized carbons (Fsp3) is 0.235. The maximum absolute atomic E-state index is 12.9. The van der Waals surface area contributed by atoms with Gasteiger partial charge in [-0.15, -0.1) is 0 Å². The molecule has 0 aliphatic carbocycles. The van der Waals surface area contributed by atoms with Crippen molar-refractivity contribution in [3.05, 3.63) is 63.9 Å². The van der Waals surface area contributed by atoms with Crippen LogP contribution in [0.25, 0.3) is 0 Å². The van der Waals surface area contributed by atoms with E-state index in [2.05, 4.69) is 4.90 Å². The van der Waals surface area contributed by atoms with Crippen LogP contribution in [0.5, 0.6) is 0 Å². The number of carbonyl (C=O) groups excluding carboxylic acids is 1. The zero-order valence-electron chi connectivity index (χ0n) is 12.3. The lowest BCUT2D eigenvalue weighted by atomic mass is 10.1. The molecule has 0 aromatic heterocycles. The first kappa shape index (κ1) is 16.1. The molecule has 120 valence electrons. The molecule has 3 rings (SSSR count). The topological polar surface area (TPSA) is 23.6 Å². The monoisotopic (exact) mass is 352 g/mol. The Morgan fingerprint density at radius 3 is 2.04 bits per heavy atom. The zero-order valence-corrected chi connectivity index (χ0v) is 13.8. The first-order chi connectivity index (χ1) is 11.0. The van der Waals surface area contributed by atoms with Crippen LogP contribution in [0.4, 0.5) is 10.1 Å². The number of halogens is 3. The third-order valence-corrected chi connectivity index (χ3v) is 4.31. The number of benzene rings is 2. The van der Waals surface area contributed by atoms with Crippen molar-refractivity contribution in [3.8, 4) is 0 Å². The largest absolute Gasteiger partial charge is 0.368 e. The molecule has 1 amide bonds. The predicted octanol–water partition coefficient (Wildman–Crippen LogP) is 4.09. The molecule has 2 aromatic rings. The highest BCUT2D eigenvalue weighted by molar-refractivity contribution is 6.35. The summed E-state index contributed by atoms with van der Waals surface area (Å²) in [6, 6.07) is 11.1. The van der Waals surface area contributed by atoms with Crippen molar-refractivity contribution in [2.45, 2.75) is 0 Å². The highest BCUT2D eigenvalue weighted by atomic mass is 35.5. The second kappa shape index (κ2) is 6.77. The van der Waals surface area contributed by atoms with Crippen LogP contribution in [-0.2, 0) is 0 Å². The molecule has 0 saturated carbocycles. The van der Waals surface area contributed by atoms with E-state index < -0.39 is 0 Å². The molecule has 0 N–H and O–H groups in total. The Morgan fingerprint density at radius 2 is 1.48 bits per heavy atom. The van der Waals surface area contributed by atoms with E-state index in [0.717, 1.165) is 5.69 Å². The van der Waals surface area contributed by atoms with Crippen LogP contribution in [0.3, 0.4) is 0 Å². The molecule has 6 heteroatoms. The summed E-state index contributed by atoms with van der Waals surface area (Å²) in [6.07, 6.45) is 0. The summed E-state index contributed by atoms with van der Waals surface area (Å²) in [5, 5.41) is 1.19. The molecule has 1 heterocycles. The summed E-state index contributed by atoms with van der Waals surface area (Å²) in [5.41, 5.74) is 1.46. The minimum Gasteiger partial charge on any atom is -0.368 e. The Labute approximate surface area is 144 Å². The number of anilines is 1. The van der Waals surface area contributed by atoms with E-state index >= 15 is 0 Å². The number of nitrogens with zero attached hydrogens (tertiary/aromatic N) is 2. The number of rotatable bonds is 2. The molecule has 1 aliphatic heterocycles. The second-order valence-electron chi connectivity index (χ2n) is 5.41. The van der Waals surface area contributed by atoms with E-state index in [1.807, 2.05) is 12.1 Å². The van der Waals surface area contributed by atoms with Gasteiger partial charge in [0.05, 0.1) is 0 Å². The molecule has 1 fully saturated rings. The third-order valence-electron chi connectivity index (χ3n) is 3.87. The Morgan fingerprint density at radius 1 is 0.913 bits per heavy atom. The van der Waals surface area contributed by atoms with Gasteiger partial charge in [0.2, 0.25) is 0 Å². The maximum Gasteiger partial charge on any atom is 0.253 e. The summed E-state index contributed by atoms with van der Waals surface area (Å²) in [7, 11) is 0. The van der Waals surface area contributed by atoms with Gasteiger partial charge in [-0.2, -0.15) is 0 Å². The Balaban J connectivity index is 1.66. The molecule has 1 aliphatic rings. The quantitative estimate of drug-likeness (QED) is 0.812. The van der Waals surface area contributed by atoms with Crippen LogP contribution >= 0.6 is 23.2 Å². The number of piperazine rings is 1. The Bertz CT molecular complexity index is 693. The van der Waals surface area contributed by atoms with E-state index in [9.17, 15) is 9.18 Å². The van der Waals surface area contributed by atoms with Crippen molar-refractivity contribution < 1.29 is 9.18 Å². The molecule has 0 spiro atoms. The Hall–Kier alpha value is -1.78. The fourth-order valence-corrected chi connectivity index (χ4v) is 3.18. The molecule has 0 radical (unpaired) electrons. The molecule has 0 bridgehead atoms. The summed E-state index contributed by atoms with van der Waals surface area (Å²) >= 11 is 12.1. The molecule has 3 nitrogen and oxygen atoms in total. The highest BCUT2D eigenvalue weighted by Crippen LogP contribution is 2.26. The van der Waals surface area contributed by atoms with E-state index in [-0.39, 0.29) is 11.7 Å². The van der Waals surface area contributed by atoms with Gasteiger partial charge >= 0.3 is 0 Å². The van der Waals surface area contributed by atoms with Gasteiger partial charge in [0.25, 0.3) is 5.91 Å². The maximum atomic E-state index is 12.9. The first-order valence-corrected chi connectivity index (χ1v) is 8.04. The van der Waals surface area contributed by atoms with E-state index in [4.69, 9.17) is 23.2 Å². The predicted molar refractivity (Wildman–Crippen MR) is 91.0 cm³/mol. The van der Waals surface area contributed by atoms with Crippen molar-refractivity contribution in [3.63, 3.8) is 0 Å². The van der Waals surface area contributed by atoms with Gasteiger partial charge in [-0.1, -0.05) is 23.2 Å². The van der Waals surface area contributed by atoms with Crippen LogP contribution in [0, 0.1) is 5.82 Å². The third kappa shape index (κ3) is 3.77. The van der Waals surface area contributed by atoms with E-state index in [1.165, 1.54) is 24.3 Å². The lowest BCUT2D eigenvalue weighted by Gasteiger charge is -2.36. The molecular weight excluding hydrogens is 338 g/mol. The summed E-state index contributed by atoms with van der Waals surface area (Å²) in [5.74, 6) is -0.419. The average Bonchev–Trinajstić information content (AvgIpc) is 2.54. The zero-order chi connectivity index (χ0) is 16.4. The number of hydrogen-bond acceptors (Lipinski definition) is 2. The van der Waals surface area contributed by atoms with Crippen molar-refractivity contribution in [1.82, 2.24) is 4.90 Å². The molecule has 0 atom stereocenters. The number of carbonyl (C=O) groups is 1. The van der Waals surface area contributed by atoms with Gasteiger partial charge in [-0.05, 0) is 42.5 Å². The van der Waals surface area contributed by atoms with E-state index in [1.54, 1.807) is 11.0 Å². The summed E-state index contributed by atoms with van der Waals surface area (Å²) in [6.45, 7) is 2.59. The van der Waals surface area contributed by atoms with Crippen LogP contribution in [0.15, 0.2) is 42.5 Å². The normalized spacial score (nSPS) is 14.9. The molecule has 0 unspecified atom stereocenters. The number of amides is 1. The van der Waals surface area contributed by atoms with Gasteiger partial charge in [0.15, 0.2) is 0 Å². The molecule has 23 heavy (non-hydrogen) atoms. The van der Waals surface area contributed by atoms with Gasteiger partial charge in [-0.25, -0.2) is 4.39 Å². The molecular formula is C17H15Cl2FN2O. The summed E-state index contributed by atoms with van der Waals surface area (Å²) < 4.78 is 12.9. The standard InChI is InChI=1S/C17H15Cl2FN2O/c18-13-9-14(19)11-16(10-13)21-5-7-22(8-6-21)17(23)12-1-3-15(20)4-2-12/h1-4,9-11H,5-8H2. The second-order valence-corrected chi connectivity index (χ2v) is 6.29. The van der Waals surface area contributed by atoms with Gasteiger partial charge in [0, 0.05) is 47.5 Å². The Kier molecular flexibility index (Phi) is 4.74. The number of hydrogen-bond donors (Lipinski definition) is 0. The molecule has 2 aromatic carbocycles. The average molecular weight is 353 g/mol. The lowest BCUT2D eigenvalue weighted by molar-refractivity contribution is 0.0746. The first-order valence-electron chi connectivity index (χ1n) is 7.29. The van der Waals surface area contributed by atoms with Gasteiger partial charge in [0.1, 0.15) is 5.82 Å². The van der Waals surface area contributed by atoms with Gasteiger partial charge < -0.3 is 9.80 Å². The lowest BCUT2D eigenvalue weighted by Crippen LogP contribution is -2.48. The minimum absolute atomic E-state index is 0.0752. The van der Waals surface area contributed by atoms with Crippen molar-refractivity contribution >= 4 is 34.8 Å². The van der Waals surface area contributed by atoms with Crippen LogP contribution in [-0.4, -0.2) is 37.0 Å². The van der Waals surface area contributed by atoms with Crippen molar-refractivity contribution in [1.29, 1.82) is 0 Å². The van der Waals surface area contributed by atoms with Gasteiger partial charge in [-0.3, -0.25) is 4.79 Å². The summed E-state index contributed by atoms with van der Waals surface area (Å²) in [4.78, 5) is 16.3. The van der Waals surface area contributed by atoms with Crippen molar-refractivity contribution in [2.24, 2.45) is 0 Å². The molecule has 1 saturated heterocycles. The van der Waals surface area contributed by atoms with E-state index in [0.29, 0.717) is 41.8 Å². The fourth-order valence-electron chi connectivity index (χ4n) is 2.66. The van der Waals surface area contributed by atoms with Crippen LogP contribution in [0.1, 0.15) is 10.4 Å². The SMILES string of the molecule is O=C(c1ccc(F)cc1)N1CCN(c2cc(Cl)cc(Cl)c2)CC1. The van der Waals surface area contributed by atoms with Crippen LogP contribution < -0.4 is 4.90 Å². The smallest absolute Gasteiger partial charge is 0.253 e. The highest BCUT2D eigenvalue weighted by Gasteiger charge is 2.22. The van der Waals surface area contributed by atoms with Crippen LogP contribution in [0.2, 0.25) is 10.0 Å².